The molecule has 1 amide bonds. The Labute approximate surface area is 128 Å². The second-order valence-electron chi connectivity index (χ2n) is 4.47. The monoisotopic (exact) mass is 326 g/mol. The summed E-state index contributed by atoms with van der Waals surface area (Å²) < 4.78 is 27.6. The largest absolute Gasteiger partial charge is 0.368 e. The lowest BCUT2D eigenvalue weighted by atomic mass is 10.2. The summed E-state index contributed by atoms with van der Waals surface area (Å²) in [6, 6.07) is 4.57. The molecule has 0 unspecified atom stereocenters. The molecular weight excluding hydrogens is 308 g/mol. The van der Waals surface area contributed by atoms with E-state index in [1.165, 1.54) is 16.4 Å². The van der Waals surface area contributed by atoms with Crippen LogP contribution in [0, 0.1) is 0 Å². The predicted octanol–water partition coefficient (Wildman–Crippen LogP) is -0.343. The number of imidazole rings is 1. The van der Waals surface area contributed by atoms with Crippen molar-refractivity contribution in [1.82, 2.24) is 18.7 Å². The molecule has 0 aliphatic rings. The normalized spacial score (nSPS) is 12.0. The second kappa shape index (κ2) is 5.91. The van der Waals surface area contributed by atoms with Crippen LogP contribution in [-0.4, -0.2) is 40.7 Å². The summed E-state index contributed by atoms with van der Waals surface area (Å²) in [5.74, 6) is 4.34. The summed E-state index contributed by atoms with van der Waals surface area (Å²) in [7, 11) is -3.86. The van der Waals surface area contributed by atoms with Crippen LogP contribution in [0.5, 0.6) is 0 Å². The van der Waals surface area contributed by atoms with Crippen LogP contribution in [0.4, 0.5) is 5.95 Å². The van der Waals surface area contributed by atoms with Gasteiger partial charge in [-0.05, 0) is 12.1 Å². The average molecular weight is 326 g/mol. The number of nitrogen functional groups attached to an aromatic ring is 2. The van der Waals surface area contributed by atoms with Gasteiger partial charge in [-0.25, -0.2) is 10.8 Å². The SMILES string of the molecule is CCN(CC)S(=O)(=O)n1c(N)nc2c(C(=O)NN)cccc21. The standard InChI is InChI=1S/C12H18N6O3S/c1-3-17(4-2)22(20,21)18-9-7-5-6-8(11(19)16-14)10(9)15-12(18)13/h5-7H,3-4,14H2,1-2H3,(H2,13,15)(H,16,19). The highest BCUT2D eigenvalue weighted by Crippen LogP contribution is 2.24. The van der Waals surface area contributed by atoms with E-state index in [9.17, 15) is 13.2 Å². The number of anilines is 1. The van der Waals surface area contributed by atoms with Gasteiger partial charge in [0.2, 0.25) is 5.95 Å². The minimum absolute atomic E-state index is 0.153. The second-order valence-corrected chi connectivity index (χ2v) is 6.25. The van der Waals surface area contributed by atoms with Gasteiger partial charge in [-0.3, -0.25) is 10.2 Å². The van der Waals surface area contributed by atoms with Crippen LogP contribution in [0.15, 0.2) is 18.2 Å². The molecule has 0 bridgehead atoms. The van der Waals surface area contributed by atoms with Gasteiger partial charge in [-0.2, -0.15) is 16.7 Å². The molecule has 0 saturated heterocycles. The van der Waals surface area contributed by atoms with E-state index in [-0.39, 0.29) is 22.5 Å². The highest BCUT2D eigenvalue weighted by atomic mass is 32.2. The highest BCUT2D eigenvalue weighted by molar-refractivity contribution is 7.87. The molecule has 1 aromatic heterocycles. The fraction of sp³-hybridized carbons (Fsp3) is 0.333. The molecule has 0 spiro atoms. The van der Waals surface area contributed by atoms with E-state index in [4.69, 9.17) is 11.6 Å². The van der Waals surface area contributed by atoms with Crippen LogP contribution in [0.25, 0.3) is 11.0 Å². The first kappa shape index (κ1) is 16.2. The maximum absolute atomic E-state index is 12.7. The van der Waals surface area contributed by atoms with Gasteiger partial charge in [0.1, 0.15) is 5.52 Å². The number of rotatable bonds is 5. The van der Waals surface area contributed by atoms with Crippen molar-refractivity contribution in [2.45, 2.75) is 13.8 Å². The number of nitrogens with zero attached hydrogens (tertiary/aromatic N) is 3. The summed E-state index contributed by atoms with van der Waals surface area (Å²) in [6.45, 7) is 4.04. The Hall–Kier alpha value is -2.17. The van der Waals surface area contributed by atoms with Crippen LogP contribution in [0.3, 0.4) is 0 Å². The van der Waals surface area contributed by atoms with Gasteiger partial charge < -0.3 is 5.73 Å². The minimum atomic E-state index is -3.86. The third-order valence-electron chi connectivity index (χ3n) is 3.31. The Bertz CT molecular complexity index is 810. The average Bonchev–Trinajstić information content (AvgIpc) is 2.83. The lowest BCUT2D eigenvalue weighted by Gasteiger charge is -2.19. The summed E-state index contributed by atoms with van der Waals surface area (Å²) in [5.41, 5.74) is 8.34. The van der Waals surface area contributed by atoms with Gasteiger partial charge in [-0.15, -0.1) is 0 Å². The zero-order chi connectivity index (χ0) is 16.5. The first-order valence-corrected chi connectivity index (χ1v) is 8.06. The molecule has 22 heavy (non-hydrogen) atoms. The molecule has 0 radical (unpaired) electrons. The van der Waals surface area contributed by atoms with E-state index in [0.29, 0.717) is 13.1 Å². The van der Waals surface area contributed by atoms with Crippen LogP contribution >= 0.6 is 0 Å². The van der Waals surface area contributed by atoms with Gasteiger partial charge in [0, 0.05) is 13.1 Å². The van der Waals surface area contributed by atoms with Crippen molar-refractivity contribution in [1.29, 1.82) is 0 Å². The van der Waals surface area contributed by atoms with Crippen molar-refractivity contribution in [3.63, 3.8) is 0 Å². The Balaban J connectivity index is 2.77. The molecule has 2 rings (SSSR count). The number of hydrazine groups is 1. The zero-order valence-electron chi connectivity index (χ0n) is 12.3. The smallest absolute Gasteiger partial charge is 0.310 e. The molecule has 0 atom stereocenters. The third kappa shape index (κ3) is 2.40. The van der Waals surface area contributed by atoms with E-state index in [1.54, 1.807) is 19.9 Å². The van der Waals surface area contributed by atoms with Crippen molar-refractivity contribution >= 4 is 33.1 Å². The Morgan fingerprint density at radius 3 is 2.55 bits per heavy atom. The lowest BCUT2D eigenvalue weighted by molar-refractivity contribution is 0.0955. The summed E-state index contributed by atoms with van der Waals surface area (Å²) in [6.07, 6.45) is 0. The van der Waals surface area contributed by atoms with Crippen LogP contribution in [0.1, 0.15) is 24.2 Å². The maximum atomic E-state index is 12.7. The van der Waals surface area contributed by atoms with Crippen molar-refractivity contribution in [3.8, 4) is 0 Å². The number of benzene rings is 1. The number of hydrogen-bond acceptors (Lipinski definition) is 6. The molecule has 0 aliphatic heterocycles. The number of nitrogens with two attached hydrogens (primary N) is 2. The minimum Gasteiger partial charge on any atom is -0.368 e. The van der Waals surface area contributed by atoms with Crippen molar-refractivity contribution in [2.75, 3.05) is 18.8 Å². The summed E-state index contributed by atoms with van der Waals surface area (Å²) in [4.78, 5) is 15.8. The van der Waals surface area contributed by atoms with Crippen LogP contribution in [0.2, 0.25) is 0 Å². The molecule has 9 nitrogen and oxygen atoms in total. The summed E-state index contributed by atoms with van der Waals surface area (Å²) >= 11 is 0. The van der Waals surface area contributed by atoms with E-state index in [0.717, 1.165) is 3.97 Å². The Morgan fingerprint density at radius 1 is 1.36 bits per heavy atom. The van der Waals surface area contributed by atoms with Crippen LogP contribution in [-0.2, 0) is 10.2 Å². The van der Waals surface area contributed by atoms with Gasteiger partial charge >= 0.3 is 10.2 Å². The van der Waals surface area contributed by atoms with E-state index in [1.807, 2.05) is 5.43 Å². The molecule has 1 heterocycles. The third-order valence-corrected chi connectivity index (χ3v) is 5.32. The van der Waals surface area contributed by atoms with E-state index < -0.39 is 16.1 Å². The van der Waals surface area contributed by atoms with Crippen molar-refractivity contribution in [2.24, 2.45) is 5.84 Å². The molecule has 0 saturated carbocycles. The van der Waals surface area contributed by atoms with Gasteiger partial charge in [-0.1, -0.05) is 19.9 Å². The van der Waals surface area contributed by atoms with Gasteiger partial charge in [0.15, 0.2) is 0 Å². The van der Waals surface area contributed by atoms with E-state index in [2.05, 4.69) is 4.98 Å². The topological polar surface area (TPSA) is 136 Å². The number of amides is 1. The highest BCUT2D eigenvalue weighted by Gasteiger charge is 2.27. The van der Waals surface area contributed by atoms with Gasteiger partial charge in [0.25, 0.3) is 5.91 Å². The molecule has 0 fully saturated rings. The van der Waals surface area contributed by atoms with Gasteiger partial charge in [0.05, 0.1) is 11.1 Å². The Morgan fingerprint density at radius 2 is 2.00 bits per heavy atom. The molecule has 10 heteroatoms. The molecule has 120 valence electrons. The number of hydrogen-bond donors (Lipinski definition) is 3. The molecule has 5 N–H and O–H groups in total. The first-order chi connectivity index (χ1) is 10.4. The molecule has 0 aliphatic carbocycles. The van der Waals surface area contributed by atoms with Crippen molar-refractivity contribution < 1.29 is 13.2 Å². The maximum Gasteiger partial charge on any atom is 0.310 e. The zero-order valence-corrected chi connectivity index (χ0v) is 13.1. The van der Waals surface area contributed by atoms with Crippen molar-refractivity contribution in [3.05, 3.63) is 23.8 Å². The number of carbonyl (C=O) groups is 1. The number of aromatic nitrogens is 2. The Kier molecular flexibility index (Phi) is 4.35. The fourth-order valence-electron chi connectivity index (χ4n) is 2.26. The molecule has 2 aromatic rings. The number of carbonyl (C=O) groups excluding carboxylic acids is 1. The molecular formula is C12H18N6O3S. The lowest BCUT2D eigenvalue weighted by Crippen LogP contribution is -2.35. The van der Waals surface area contributed by atoms with E-state index >= 15 is 0 Å². The predicted molar refractivity (Wildman–Crippen MR) is 83.0 cm³/mol. The molecule has 1 aromatic carbocycles. The quantitative estimate of drug-likeness (QED) is 0.390. The number of nitrogens with one attached hydrogen (secondary N) is 1. The summed E-state index contributed by atoms with van der Waals surface area (Å²) in [5, 5.41) is 0. The number of para-hydroxylation sites is 1. The first-order valence-electron chi connectivity index (χ1n) is 6.67. The number of fused-ring (bicyclic) bond motifs is 1. The van der Waals surface area contributed by atoms with Crippen LogP contribution < -0.4 is 17.0 Å². The fourth-order valence-corrected chi connectivity index (χ4v) is 3.82.